The molecule has 1 fully saturated rings. The Morgan fingerprint density at radius 2 is 1.60 bits per heavy atom. The Morgan fingerprint density at radius 3 is 2.17 bits per heavy atom. The summed E-state index contributed by atoms with van der Waals surface area (Å²) in [6.07, 6.45) is 2.32. The van der Waals surface area contributed by atoms with E-state index in [1.807, 2.05) is 48.5 Å². The number of nitrogens with zero attached hydrogens (tertiary/aromatic N) is 2. The molecule has 5 rings (SSSR count). The van der Waals surface area contributed by atoms with Crippen LogP contribution in [0.5, 0.6) is 0 Å². The molecule has 2 atom stereocenters. The number of carboxylic acids is 1. The minimum absolute atomic E-state index is 0.0505. The fourth-order valence-electron chi connectivity index (χ4n) is 5.49. The van der Waals surface area contributed by atoms with E-state index in [9.17, 15) is 19.5 Å². The van der Waals surface area contributed by atoms with Crippen molar-refractivity contribution < 1.29 is 29.0 Å². The number of esters is 1. The topological polar surface area (TPSA) is 118 Å². The summed E-state index contributed by atoms with van der Waals surface area (Å²) in [5.74, 6) is -2.01. The molecule has 0 spiro atoms. The van der Waals surface area contributed by atoms with Crippen molar-refractivity contribution in [1.29, 1.82) is 0 Å². The third-order valence-corrected chi connectivity index (χ3v) is 7.40. The SMILES string of the molecule is CC(C)(C)OC(=O)[C@H]1C[C@](NCc2ccncc2)(C(=O)O)CN1C(=O)OCC1c2ccccc2-c2ccccc21. The molecule has 2 aliphatic rings. The summed E-state index contributed by atoms with van der Waals surface area (Å²) in [7, 11) is 0. The van der Waals surface area contributed by atoms with Crippen LogP contribution in [0.15, 0.2) is 73.1 Å². The highest BCUT2D eigenvalue weighted by molar-refractivity contribution is 5.88. The first-order chi connectivity index (χ1) is 19.1. The smallest absolute Gasteiger partial charge is 0.410 e. The number of rotatable bonds is 7. The van der Waals surface area contributed by atoms with Crippen LogP contribution < -0.4 is 5.32 Å². The molecule has 40 heavy (non-hydrogen) atoms. The molecular formula is C31H33N3O6. The molecule has 2 aromatic carbocycles. The fraction of sp³-hybridized carbons (Fsp3) is 0.355. The van der Waals surface area contributed by atoms with Gasteiger partial charge in [-0.25, -0.2) is 9.59 Å². The molecule has 0 radical (unpaired) electrons. The minimum atomic E-state index is -1.57. The van der Waals surface area contributed by atoms with E-state index in [0.717, 1.165) is 27.8 Å². The lowest BCUT2D eigenvalue weighted by Gasteiger charge is -2.27. The Bertz CT molecular complexity index is 1370. The Labute approximate surface area is 233 Å². The summed E-state index contributed by atoms with van der Waals surface area (Å²) in [6.45, 7) is 5.19. The second-order valence-electron chi connectivity index (χ2n) is 11.3. The first kappa shape index (κ1) is 27.3. The minimum Gasteiger partial charge on any atom is -0.480 e. The van der Waals surface area contributed by atoms with Crippen LogP contribution in [0.4, 0.5) is 4.79 Å². The maximum absolute atomic E-state index is 13.6. The summed E-state index contributed by atoms with van der Waals surface area (Å²) >= 11 is 0. The second kappa shape index (κ2) is 10.7. The standard InChI is InChI=1S/C31H33N3O6/c1-30(2,3)40-27(35)26-16-31(28(36)37,33-17-20-12-14-32-15-13-20)19-34(26)29(38)39-18-25-23-10-6-4-8-21(23)22-9-5-7-11-24(22)25/h4-15,25-26,33H,16-19H2,1-3H3,(H,36,37)/t26-,31-/m1/s1. The number of aliphatic carboxylic acids is 1. The monoisotopic (exact) mass is 543 g/mol. The number of nitrogens with one attached hydrogen (secondary N) is 1. The summed E-state index contributed by atoms with van der Waals surface area (Å²) in [5.41, 5.74) is 2.73. The van der Waals surface area contributed by atoms with Gasteiger partial charge in [-0.15, -0.1) is 0 Å². The lowest BCUT2D eigenvalue weighted by Crippen LogP contribution is -2.54. The lowest BCUT2D eigenvalue weighted by atomic mass is 9.95. The molecule has 1 saturated heterocycles. The van der Waals surface area contributed by atoms with Crippen molar-refractivity contribution in [3.8, 4) is 11.1 Å². The molecule has 0 saturated carbocycles. The molecule has 2 N–H and O–H groups in total. The largest absolute Gasteiger partial charge is 0.480 e. The van der Waals surface area contributed by atoms with Gasteiger partial charge in [-0.1, -0.05) is 48.5 Å². The number of hydrogen-bond acceptors (Lipinski definition) is 7. The van der Waals surface area contributed by atoms with E-state index < -0.39 is 35.2 Å². The van der Waals surface area contributed by atoms with Gasteiger partial charge in [-0.2, -0.15) is 0 Å². The van der Waals surface area contributed by atoms with Gasteiger partial charge in [0.1, 0.15) is 23.8 Å². The Kier molecular flexibility index (Phi) is 7.33. The van der Waals surface area contributed by atoms with Gasteiger partial charge in [0.05, 0.1) is 6.54 Å². The van der Waals surface area contributed by atoms with Crippen LogP contribution in [0, 0.1) is 0 Å². The molecular weight excluding hydrogens is 510 g/mol. The van der Waals surface area contributed by atoms with Crippen LogP contribution in [-0.4, -0.2) is 63.4 Å². The molecule has 9 heteroatoms. The van der Waals surface area contributed by atoms with Crippen molar-refractivity contribution in [2.24, 2.45) is 0 Å². The fourth-order valence-corrected chi connectivity index (χ4v) is 5.49. The van der Waals surface area contributed by atoms with Gasteiger partial charge >= 0.3 is 18.0 Å². The van der Waals surface area contributed by atoms with Gasteiger partial charge in [0, 0.05) is 31.3 Å². The van der Waals surface area contributed by atoms with Gasteiger partial charge in [-0.05, 0) is 60.7 Å². The number of fused-ring (bicyclic) bond motifs is 3. The van der Waals surface area contributed by atoms with E-state index in [-0.39, 0.29) is 32.0 Å². The van der Waals surface area contributed by atoms with E-state index >= 15 is 0 Å². The van der Waals surface area contributed by atoms with Crippen molar-refractivity contribution in [3.05, 3.63) is 89.7 Å². The Balaban J connectivity index is 1.38. The molecule has 0 unspecified atom stereocenters. The number of aromatic nitrogens is 1. The number of ether oxygens (including phenoxy) is 2. The van der Waals surface area contributed by atoms with Gasteiger partial charge in [-0.3, -0.25) is 20.0 Å². The molecule has 1 aromatic heterocycles. The molecule has 1 aliphatic carbocycles. The van der Waals surface area contributed by atoms with Crippen molar-refractivity contribution >= 4 is 18.0 Å². The predicted molar refractivity (Wildman–Crippen MR) is 147 cm³/mol. The summed E-state index contributed by atoms with van der Waals surface area (Å²) in [5, 5.41) is 13.4. The van der Waals surface area contributed by atoms with Crippen LogP contribution in [0.1, 0.15) is 49.8 Å². The molecule has 1 aliphatic heterocycles. The maximum atomic E-state index is 13.6. The number of carbonyl (C=O) groups excluding carboxylic acids is 2. The number of carbonyl (C=O) groups is 3. The summed E-state index contributed by atoms with van der Waals surface area (Å²) in [6, 6.07) is 18.4. The average molecular weight is 544 g/mol. The van der Waals surface area contributed by atoms with E-state index in [4.69, 9.17) is 9.47 Å². The molecule has 2 heterocycles. The van der Waals surface area contributed by atoms with Gasteiger partial charge in [0.2, 0.25) is 0 Å². The van der Waals surface area contributed by atoms with Crippen molar-refractivity contribution in [2.75, 3.05) is 13.2 Å². The Morgan fingerprint density at radius 1 is 1.00 bits per heavy atom. The first-order valence-electron chi connectivity index (χ1n) is 13.3. The molecule has 1 amide bonds. The van der Waals surface area contributed by atoms with E-state index in [1.54, 1.807) is 45.3 Å². The third kappa shape index (κ3) is 5.42. The average Bonchev–Trinajstić information content (AvgIpc) is 3.48. The molecule has 0 bridgehead atoms. The quantitative estimate of drug-likeness (QED) is 0.422. The van der Waals surface area contributed by atoms with Crippen LogP contribution in [-0.2, 0) is 25.6 Å². The van der Waals surface area contributed by atoms with E-state index in [2.05, 4.69) is 10.3 Å². The zero-order valence-corrected chi connectivity index (χ0v) is 22.8. The van der Waals surface area contributed by atoms with E-state index in [1.165, 1.54) is 4.90 Å². The molecule has 3 aromatic rings. The Hall–Kier alpha value is -4.24. The van der Waals surface area contributed by atoms with Crippen LogP contribution in [0.25, 0.3) is 11.1 Å². The first-order valence-corrected chi connectivity index (χ1v) is 13.3. The maximum Gasteiger partial charge on any atom is 0.410 e. The van der Waals surface area contributed by atoms with Crippen LogP contribution >= 0.6 is 0 Å². The van der Waals surface area contributed by atoms with Gasteiger partial charge in [0.25, 0.3) is 0 Å². The van der Waals surface area contributed by atoms with Crippen LogP contribution in [0.2, 0.25) is 0 Å². The number of carboxylic acid groups (broad SMARTS) is 1. The lowest BCUT2D eigenvalue weighted by molar-refractivity contribution is -0.159. The summed E-state index contributed by atoms with van der Waals surface area (Å²) in [4.78, 5) is 44.6. The second-order valence-corrected chi connectivity index (χ2v) is 11.3. The highest BCUT2D eigenvalue weighted by atomic mass is 16.6. The number of likely N-dealkylation sites (tertiary alicyclic amines) is 1. The highest BCUT2D eigenvalue weighted by Gasteiger charge is 2.55. The third-order valence-electron chi connectivity index (χ3n) is 7.40. The highest BCUT2D eigenvalue weighted by Crippen LogP contribution is 2.44. The summed E-state index contributed by atoms with van der Waals surface area (Å²) < 4.78 is 11.4. The van der Waals surface area contributed by atoms with E-state index in [0.29, 0.717) is 0 Å². The van der Waals surface area contributed by atoms with Crippen LogP contribution in [0.3, 0.4) is 0 Å². The van der Waals surface area contributed by atoms with Crippen molar-refractivity contribution in [1.82, 2.24) is 15.2 Å². The molecule has 208 valence electrons. The number of amides is 1. The number of pyridine rings is 1. The number of hydrogen-bond donors (Lipinski definition) is 2. The molecule has 9 nitrogen and oxygen atoms in total. The van der Waals surface area contributed by atoms with Crippen molar-refractivity contribution in [2.45, 2.75) is 56.8 Å². The van der Waals surface area contributed by atoms with Crippen molar-refractivity contribution in [3.63, 3.8) is 0 Å². The normalized spacial score (nSPS) is 20.1. The van der Waals surface area contributed by atoms with Gasteiger partial charge < -0.3 is 14.6 Å². The number of benzene rings is 2. The zero-order valence-electron chi connectivity index (χ0n) is 22.8. The zero-order chi connectivity index (χ0) is 28.5. The predicted octanol–water partition coefficient (Wildman–Crippen LogP) is 4.36. The van der Waals surface area contributed by atoms with Gasteiger partial charge in [0.15, 0.2) is 0 Å².